The van der Waals surface area contributed by atoms with Crippen molar-refractivity contribution in [3.63, 3.8) is 0 Å². The lowest BCUT2D eigenvalue weighted by Gasteiger charge is -2.12. The minimum absolute atomic E-state index is 0.0763. The minimum atomic E-state index is -4.44. The number of rotatable bonds is 3. The highest BCUT2D eigenvalue weighted by Gasteiger charge is 2.29. The lowest BCUT2D eigenvalue weighted by atomic mass is 10.4. The van der Waals surface area contributed by atoms with Gasteiger partial charge in [0.15, 0.2) is 11.0 Å². The molecule has 0 radical (unpaired) electrons. The van der Waals surface area contributed by atoms with Crippen LogP contribution in [0.15, 0.2) is 24.7 Å². The lowest BCUT2D eigenvalue weighted by Crippen LogP contribution is -2.23. The smallest absolute Gasteiger partial charge is 0.334 e. The van der Waals surface area contributed by atoms with Gasteiger partial charge in [-0.2, -0.15) is 13.2 Å². The van der Waals surface area contributed by atoms with E-state index in [0.29, 0.717) is 0 Å². The van der Waals surface area contributed by atoms with Gasteiger partial charge in [-0.05, 0) is 12.1 Å². The van der Waals surface area contributed by atoms with Crippen LogP contribution in [0.25, 0.3) is 0 Å². The monoisotopic (exact) mass is 338 g/mol. The van der Waals surface area contributed by atoms with Gasteiger partial charge in [-0.3, -0.25) is 4.79 Å². The van der Waals surface area contributed by atoms with Crippen molar-refractivity contribution in [3.05, 3.63) is 40.5 Å². The number of aromatic nitrogens is 3. The average Bonchev–Trinajstić information content (AvgIpc) is 2.80. The Morgan fingerprint density at radius 1 is 1.33 bits per heavy atom. The van der Waals surface area contributed by atoms with E-state index in [-0.39, 0.29) is 21.7 Å². The van der Waals surface area contributed by atoms with Gasteiger partial charge in [0, 0.05) is 6.20 Å². The number of nitrogens with zero attached hydrogens (tertiary/aromatic N) is 3. The molecule has 0 aromatic carbocycles. The van der Waals surface area contributed by atoms with Gasteiger partial charge in [-0.1, -0.05) is 23.2 Å². The summed E-state index contributed by atoms with van der Waals surface area (Å²) in [6.45, 7) is -1.28. The first-order chi connectivity index (χ1) is 9.78. The first kappa shape index (κ1) is 15.6. The van der Waals surface area contributed by atoms with Gasteiger partial charge in [-0.15, -0.1) is 0 Å². The molecule has 2 rings (SSSR count). The second-order valence-corrected chi connectivity index (χ2v) is 4.65. The molecule has 0 unspecified atom stereocenters. The summed E-state index contributed by atoms with van der Waals surface area (Å²) in [5, 5.41) is 2.11. The summed E-state index contributed by atoms with van der Waals surface area (Å²) in [4.78, 5) is 19.3. The van der Waals surface area contributed by atoms with Gasteiger partial charge in [0.1, 0.15) is 23.6 Å². The SMILES string of the molecule is O=C(Nc1ncnc(Cl)c1Cl)c1cccn1CC(F)(F)F. The molecule has 1 N–H and O–H groups in total. The van der Waals surface area contributed by atoms with Crippen molar-refractivity contribution in [3.8, 4) is 0 Å². The fraction of sp³-hybridized carbons (Fsp3) is 0.182. The molecule has 1 amide bonds. The summed E-state index contributed by atoms with van der Waals surface area (Å²) < 4.78 is 38.0. The number of amides is 1. The third-order valence-corrected chi connectivity index (χ3v) is 3.13. The summed E-state index contributed by atoms with van der Waals surface area (Å²) in [6, 6.07) is 2.58. The van der Waals surface area contributed by atoms with E-state index in [2.05, 4.69) is 15.3 Å². The lowest BCUT2D eigenvalue weighted by molar-refractivity contribution is -0.140. The van der Waals surface area contributed by atoms with Crippen molar-refractivity contribution in [1.82, 2.24) is 14.5 Å². The Balaban J connectivity index is 2.22. The molecule has 21 heavy (non-hydrogen) atoms. The fourth-order valence-corrected chi connectivity index (χ4v) is 1.84. The largest absolute Gasteiger partial charge is 0.406 e. The van der Waals surface area contributed by atoms with Gasteiger partial charge in [0.2, 0.25) is 0 Å². The third-order valence-electron chi connectivity index (χ3n) is 2.39. The molecule has 2 heterocycles. The van der Waals surface area contributed by atoms with Crippen molar-refractivity contribution in [2.75, 3.05) is 5.32 Å². The van der Waals surface area contributed by atoms with Gasteiger partial charge < -0.3 is 9.88 Å². The van der Waals surface area contributed by atoms with Crippen LogP contribution in [0.3, 0.4) is 0 Å². The molecule has 0 fully saturated rings. The maximum atomic E-state index is 12.4. The molecule has 0 aliphatic carbocycles. The molecule has 0 bridgehead atoms. The van der Waals surface area contributed by atoms with Crippen LogP contribution in [0.1, 0.15) is 10.5 Å². The molecule has 0 spiro atoms. The molecule has 0 saturated carbocycles. The van der Waals surface area contributed by atoms with E-state index in [4.69, 9.17) is 23.2 Å². The molecule has 112 valence electrons. The van der Waals surface area contributed by atoms with Crippen LogP contribution in [0, 0.1) is 0 Å². The van der Waals surface area contributed by atoms with E-state index in [0.717, 1.165) is 17.1 Å². The Bertz CT molecular complexity index is 672. The van der Waals surface area contributed by atoms with Crippen LogP contribution >= 0.6 is 23.2 Å². The quantitative estimate of drug-likeness (QED) is 0.872. The Morgan fingerprint density at radius 2 is 2.05 bits per heavy atom. The summed E-state index contributed by atoms with van der Waals surface area (Å²) in [7, 11) is 0. The summed E-state index contributed by atoms with van der Waals surface area (Å²) in [5.74, 6) is -0.873. The number of carbonyl (C=O) groups excluding carboxylic acids is 1. The number of halogens is 5. The highest BCUT2D eigenvalue weighted by atomic mass is 35.5. The normalized spacial score (nSPS) is 11.5. The number of nitrogens with one attached hydrogen (secondary N) is 1. The van der Waals surface area contributed by atoms with E-state index < -0.39 is 18.6 Å². The van der Waals surface area contributed by atoms with E-state index in [1.54, 1.807) is 0 Å². The zero-order chi connectivity index (χ0) is 15.6. The van der Waals surface area contributed by atoms with Crippen molar-refractivity contribution in [1.29, 1.82) is 0 Å². The second-order valence-electron chi connectivity index (χ2n) is 3.92. The van der Waals surface area contributed by atoms with Crippen molar-refractivity contribution < 1.29 is 18.0 Å². The third kappa shape index (κ3) is 3.85. The van der Waals surface area contributed by atoms with Gasteiger partial charge >= 0.3 is 6.18 Å². The molecule has 2 aromatic rings. The van der Waals surface area contributed by atoms with E-state index in [1.807, 2.05) is 0 Å². The van der Waals surface area contributed by atoms with Gasteiger partial charge in [0.25, 0.3) is 5.91 Å². The first-order valence-electron chi connectivity index (χ1n) is 5.47. The molecular weight excluding hydrogens is 332 g/mol. The van der Waals surface area contributed by atoms with Crippen LogP contribution < -0.4 is 5.32 Å². The molecule has 0 atom stereocenters. The molecule has 0 saturated heterocycles. The Labute approximate surface area is 126 Å². The highest BCUT2D eigenvalue weighted by Crippen LogP contribution is 2.26. The zero-order valence-electron chi connectivity index (χ0n) is 10.2. The number of alkyl halides is 3. The van der Waals surface area contributed by atoms with Crippen molar-refractivity contribution in [2.24, 2.45) is 0 Å². The molecule has 5 nitrogen and oxygen atoms in total. The zero-order valence-corrected chi connectivity index (χ0v) is 11.7. The van der Waals surface area contributed by atoms with Crippen LogP contribution in [0.5, 0.6) is 0 Å². The van der Waals surface area contributed by atoms with E-state index in [1.165, 1.54) is 12.1 Å². The minimum Gasteiger partial charge on any atom is -0.334 e. The molecule has 0 aliphatic heterocycles. The summed E-state index contributed by atoms with van der Waals surface area (Å²) >= 11 is 11.4. The molecule has 0 aliphatic rings. The Morgan fingerprint density at radius 3 is 2.71 bits per heavy atom. The average molecular weight is 339 g/mol. The summed E-state index contributed by atoms with van der Waals surface area (Å²) in [5.41, 5.74) is -0.182. The van der Waals surface area contributed by atoms with E-state index >= 15 is 0 Å². The fourth-order valence-electron chi connectivity index (χ4n) is 1.56. The number of carbonyl (C=O) groups is 1. The predicted octanol–water partition coefficient (Wildman–Crippen LogP) is 3.40. The van der Waals surface area contributed by atoms with Crippen LogP contribution in [0.2, 0.25) is 10.2 Å². The van der Waals surface area contributed by atoms with Crippen LogP contribution in [-0.4, -0.2) is 26.6 Å². The maximum absolute atomic E-state index is 12.4. The van der Waals surface area contributed by atoms with Crippen molar-refractivity contribution in [2.45, 2.75) is 12.7 Å². The second kappa shape index (κ2) is 5.90. The Hall–Kier alpha value is -1.80. The highest BCUT2D eigenvalue weighted by molar-refractivity contribution is 6.43. The van der Waals surface area contributed by atoms with Crippen LogP contribution in [0.4, 0.5) is 19.0 Å². The van der Waals surface area contributed by atoms with Crippen molar-refractivity contribution >= 4 is 34.9 Å². The summed E-state index contributed by atoms with van der Waals surface area (Å²) in [6.07, 6.45) is -2.22. The standard InChI is InChI=1S/C11H7Cl2F3N4O/c12-7-8(13)17-5-18-9(7)19-10(21)6-2-1-3-20(6)4-11(14,15)16/h1-3,5H,4H2,(H,17,18,19,21). The number of anilines is 1. The van der Waals surface area contributed by atoms with Gasteiger partial charge in [0.05, 0.1) is 0 Å². The molecule has 2 aromatic heterocycles. The van der Waals surface area contributed by atoms with E-state index in [9.17, 15) is 18.0 Å². The molecule has 10 heteroatoms. The Kier molecular flexibility index (Phi) is 4.38. The maximum Gasteiger partial charge on any atom is 0.406 e. The molecular formula is C11H7Cl2F3N4O. The number of hydrogen-bond acceptors (Lipinski definition) is 3. The predicted molar refractivity (Wildman–Crippen MR) is 70.5 cm³/mol. The topological polar surface area (TPSA) is 59.8 Å². The van der Waals surface area contributed by atoms with Crippen LogP contribution in [-0.2, 0) is 6.54 Å². The first-order valence-corrected chi connectivity index (χ1v) is 6.23. The van der Waals surface area contributed by atoms with Gasteiger partial charge in [-0.25, -0.2) is 9.97 Å². The number of hydrogen-bond donors (Lipinski definition) is 1.